The molecule has 86 valence electrons. The van der Waals surface area contributed by atoms with Crippen molar-refractivity contribution in [2.75, 3.05) is 0 Å². The van der Waals surface area contributed by atoms with Crippen LogP contribution in [0.25, 0.3) is 0 Å². The number of aromatic nitrogens is 1. The minimum atomic E-state index is 0.212. The van der Waals surface area contributed by atoms with E-state index in [1.165, 1.54) is 5.56 Å². The van der Waals surface area contributed by atoms with E-state index in [2.05, 4.69) is 24.9 Å². The Labute approximate surface area is 93.7 Å². The largest absolute Gasteiger partial charge is 0.489 e. The Morgan fingerprint density at radius 3 is 2.13 bits per heavy atom. The van der Waals surface area contributed by atoms with Crippen LogP contribution in [0.5, 0.6) is 5.75 Å². The van der Waals surface area contributed by atoms with Gasteiger partial charge in [0.05, 0.1) is 12.3 Å². The fraction of sp³-hybridized carbons (Fsp3) is 0.615. The predicted octanol–water partition coefficient (Wildman–Crippen LogP) is 4.02. The molecule has 0 bridgehead atoms. The van der Waals surface area contributed by atoms with Crippen molar-refractivity contribution in [3.8, 4) is 5.75 Å². The highest BCUT2D eigenvalue weighted by Crippen LogP contribution is 2.19. The first-order valence-corrected chi connectivity index (χ1v) is 5.71. The van der Waals surface area contributed by atoms with Crippen LogP contribution in [-0.4, -0.2) is 11.1 Å². The third kappa shape index (κ3) is 5.40. The zero-order valence-corrected chi connectivity index (χ0v) is 10.7. The Bertz CT molecular complexity index is 269. The van der Waals surface area contributed by atoms with Crippen LogP contribution in [0, 0.1) is 0 Å². The van der Waals surface area contributed by atoms with Crippen molar-refractivity contribution in [3.63, 3.8) is 0 Å². The van der Waals surface area contributed by atoms with Gasteiger partial charge in [0.1, 0.15) is 5.75 Å². The van der Waals surface area contributed by atoms with Gasteiger partial charge in [-0.15, -0.1) is 0 Å². The van der Waals surface area contributed by atoms with Crippen molar-refractivity contribution in [1.29, 1.82) is 0 Å². The van der Waals surface area contributed by atoms with Gasteiger partial charge < -0.3 is 4.74 Å². The molecular formula is C13H23NO. The van der Waals surface area contributed by atoms with Gasteiger partial charge in [-0.1, -0.05) is 27.7 Å². The number of ether oxygens (including phenoxy) is 1. The first kappa shape index (κ1) is 13.9. The number of nitrogens with zero attached hydrogens (tertiary/aromatic N) is 1. The fourth-order valence-corrected chi connectivity index (χ4v) is 1.09. The van der Waals surface area contributed by atoms with Crippen molar-refractivity contribution in [1.82, 2.24) is 4.98 Å². The lowest BCUT2D eigenvalue weighted by Crippen LogP contribution is -2.06. The fourth-order valence-electron chi connectivity index (χ4n) is 1.09. The monoisotopic (exact) mass is 209 g/mol. The second-order valence-corrected chi connectivity index (χ2v) is 3.78. The van der Waals surface area contributed by atoms with Crippen LogP contribution >= 0.6 is 0 Å². The normalized spacial score (nSPS) is 9.87. The third-order valence-electron chi connectivity index (χ3n) is 1.77. The molecule has 0 aliphatic carbocycles. The van der Waals surface area contributed by atoms with Gasteiger partial charge in [-0.3, -0.25) is 4.98 Å². The smallest absolute Gasteiger partial charge is 0.138 e. The zero-order valence-electron chi connectivity index (χ0n) is 10.7. The van der Waals surface area contributed by atoms with Crippen LogP contribution in [-0.2, 0) is 0 Å². The minimum Gasteiger partial charge on any atom is -0.489 e. The molecule has 0 atom stereocenters. The van der Waals surface area contributed by atoms with Gasteiger partial charge in [-0.2, -0.15) is 0 Å². The summed E-state index contributed by atoms with van der Waals surface area (Å²) in [5, 5.41) is 0. The summed E-state index contributed by atoms with van der Waals surface area (Å²) in [7, 11) is 0. The lowest BCUT2D eigenvalue weighted by atomic mass is 10.1. The van der Waals surface area contributed by atoms with Crippen LogP contribution in [0.15, 0.2) is 18.5 Å². The van der Waals surface area contributed by atoms with Crippen molar-refractivity contribution in [2.45, 2.75) is 53.6 Å². The molecule has 0 spiro atoms. The van der Waals surface area contributed by atoms with Crippen molar-refractivity contribution in [3.05, 3.63) is 24.0 Å². The molecular weight excluding hydrogens is 186 g/mol. The van der Waals surface area contributed by atoms with Crippen LogP contribution in [0.4, 0.5) is 0 Å². The molecule has 0 radical (unpaired) electrons. The molecule has 1 rings (SSSR count). The molecule has 0 aromatic carbocycles. The van der Waals surface area contributed by atoms with Gasteiger partial charge in [0, 0.05) is 6.20 Å². The van der Waals surface area contributed by atoms with Crippen LogP contribution in [0.1, 0.15) is 53.0 Å². The highest BCUT2D eigenvalue weighted by Gasteiger charge is 2.02. The Balaban J connectivity index is 0.000000921. The van der Waals surface area contributed by atoms with Crippen molar-refractivity contribution in [2.24, 2.45) is 0 Å². The predicted molar refractivity (Wildman–Crippen MR) is 65.4 cm³/mol. The van der Waals surface area contributed by atoms with Crippen LogP contribution in [0.2, 0.25) is 0 Å². The van der Waals surface area contributed by atoms with E-state index < -0.39 is 0 Å². The van der Waals surface area contributed by atoms with E-state index in [9.17, 15) is 0 Å². The summed E-state index contributed by atoms with van der Waals surface area (Å²) in [6.45, 7) is 12.3. The molecule has 0 unspecified atom stereocenters. The maximum absolute atomic E-state index is 5.54. The van der Waals surface area contributed by atoms with Crippen LogP contribution < -0.4 is 4.74 Å². The Hall–Kier alpha value is -1.05. The van der Waals surface area contributed by atoms with Gasteiger partial charge in [0.25, 0.3) is 0 Å². The average molecular weight is 209 g/mol. The minimum absolute atomic E-state index is 0.212. The lowest BCUT2D eigenvalue weighted by molar-refractivity contribution is 0.241. The molecule has 1 aromatic heterocycles. The van der Waals surface area contributed by atoms with E-state index in [1.54, 1.807) is 6.20 Å². The van der Waals surface area contributed by atoms with Gasteiger partial charge in [0.2, 0.25) is 0 Å². The number of rotatable bonds is 3. The molecule has 1 heterocycles. The van der Waals surface area contributed by atoms with Crippen molar-refractivity contribution >= 4 is 0 Å². The molecule has 2 nitrogen and oxygen atoms in total. The van der Waals surface area contributed by atoms with Crippen molar-refractivity contribution < 1.29 is 4.74 Å². The molecule has 0 fully saturated rings. The summed E-state index contributed by atoms with van der Waals surface area (Å²) in [5.41, 5.74) is 1.22. The summed E-state index contributed by atoms with van der Waals surface area (Å²) in [5.74, 6) is 1.37. The van der Waals surface area contributed by atoms with E-state index in [-0.39, 0.29) is 6.10 Å². The Morgan fingerprint density at radius 2 is 1.67 bits per heavy atom. The van der Waals surface area contributed by atoms with Gasteiger partial charge in [-0.25, -0.2) is 0 Å². The maximum atomic E-state index is 5.54. The molecule has 0 amide bonds. The topological polar surface area (TPSA) is 22.1 Å². The van der Waals surface area contributed by atoms with E-state index in [0.29, 0.717) is 5.92 Å². The van der Waals surface area contributed by atoms with Crippen LogP contribution in [0.3, 0.4) is 0 Å². The number of hydrogen-bond donors (Lipinski definition) is 0. The van der Waals surface area contributed by atoms with E-state index in [0.717, 1.165) is 5.75 Å². The Morgan fingerprint density at radius 1 is 1.07 bits per heavy atom. The average Bonchev–Trinajstić information content (AvgIpc) is 2.20. The zero-order chi connectivity index (χ0) is 11.8. The first-order chi connectivity index (χ1) is 7.09. The SMILES string of the molecule is CC.CC(C)Oc1cncc(C(C)C)c1. The molecule has 1 aromatic rings. The maximum Gasteiger partial charge on any atom is 0.138 e. The molecule has 0 aliphatic heterocycles. The highest BCUT2D eigenvalue weighted by atomic mass is 16.5. The molecule has 0 saturated carbocycles. The van der Waals surface area contributed by atoms with Gasteiger partial charge >= 0.3 is 0 Å². The third-order valence-corrected chi connectivity index (χ3v) is 1.77. The van der Waals surface area contributed by atoms with E-state index >= 15 is 0 Å². The summed E-state index contributed by atoms with van der Waals surface area (Å²) < 4.78 is 5.54. The number of pyridine rings is 1. The standard InChI is InChI=1S/C11H17NO.C2H6/c1-8(2)10-5-11(7-12-6-10)13-9(3)4;1-2/h5-9H,1-4H3;1-2H3. The summed E-state index contributed by atoms with van der Waals surface area (Å²) in [6.07, 6.45) is 3.85. The molecule has 2 heteroatoms. The Kier molecular flexibility index (Phi) is 6.76. The summed E-state index contributed by atoms with van der Waals surface area (Å²) in [4.78, 5) is 4.13. The molecule has 0 aliphatic rings. The van der Waals surface area contributed by atoms with Gasteiger partial charge in [-0.05, 0) is 31.4 Å². The molecule has 0 N–H and O–H groups in total. The molecule has 15 heavy (non-hydrogen) atoms. The molecule has 0 saturated heterocycles. The first-order valence-electron chi connectivity index (χ1n) is 5.71. The lowest BCUT2D eigenvalue weighted by Gasteiger charge is -2.11. The quantitative estimate of drug-likeness (QED) is 0.750. The van der Waals surface area contributed by atoms with E-state index in [4.69, 9.17) is 4.74 Å². The second kappa shape index (κ2) is 7.27. The van der Waals surface area contributed by atoms with Gasteiger partial charge in [0.15, 0.2) is 0 Å². The second-order valence-electron chi connectivity index (χ2n) is 3.78. The summed E-state index contributed by atoms with van der Waals surface area (Å²) >= 11 is 0. The summed E-state index contributed by atoms with van der Waals surface area (Å²) in [6, 6.07) is 2.05. The number of hydrogen-bond acceptors (Lipinski definition) is 2. The highest BCUT2D eigenvalue weighted by molar-refractivity contribution is 5.25. The van der Waals surface area contributed by atoms with E-state index in [1.807, 2.05) is 33.9 Å².